The van der Waals surface area contributed by atoms with Crippen LogP contribution in [0.2, 0.25) is 5.02 Å². The summed E-state index contributed by atoms with van der Waals surface area (Å²) >= 11 is 5.92. The Balaban J connectivity index is 1.45. The molecule has 30 heavy (non-hydrogen) atoms. The van der Waals surface area contributed by atoms with E-state index in [1.807, 2.05) is 36.4 Å². The van der Waals surface area contributed by atoms with E-state index in [1.54, 1.807) is 23.2 Å². The fourth-order valence-corrected chi connectivity index (χ4v) is 3.79. The number of carbonyl (C=O) groups excluding carboxylic acids is 2. The predicted octanol–water partition coefficient (Wildman–Crippen LogP) is 4.05. The molecule has 0 N–H and O–H groups in total. The molecule has 1 aliphatic heterocycles. The van der Waals surface area contributed by atoms with Crippen molar-refractivity contribution in [2.75, 3.05) is 7.11 Å². The average Bonchev–Trinajstić information content (AvgIpc) is 3.25. The zero-order valence-corrected chi connectivity index (χ0v) is 17.3. The summed E-state index contributed by atoms with van der Waals surface area (Å²) in [6.07, 6.45) is 2.63. The van der Waals surface area contributed by atoms with E-state index < -0.39 is 12.0 Å². The number of hydrogen-bond donors (Lipinski definition) is 0. The first-order valence-corrected chi connectivity index (χ1v) is 10.1. The van der Waals surface area contributed by atoms with Crippen LogP contribution in [-0.2, 0) is 33.7 Å². The summed E-state index contributed by atoms with van der Waals surface area (Å²) in [6.45, 7) is 0.385. The zero-order valence-electron chi connectivity index (χ0n) is 16.5. The second-order valence-electron chi connectivity index (χ2n) is 7.16. The van der Waals surface area contributed by atoms with E-state index in [0.29, 0.717) is 36.1 Å². The van der Waals surface area contributed by atoms with E-state index in [4.69, 9.17) is 20.8 Å². The lowest BCUT2D eigenvalue weighted by atomic mass is 9.93. The molecule has 1 aliphatic rings. The Morgan fingerprint density at radius 2 is 1.90 bits per heavy atom. The average molecular weight is 425 g/mol. The van der Waals surface area contributed by atoms with Gasteiger partial charge in [0.1, 0.15) is 6.04 Å². The molecule has 1 aromatic heterocycles. The Morgan fingerprint density at radius 1 is 1.17 bits per heavy atom. The van der Waals surface area contributed by atoms with Gasteiger partial charge in [-0.1, -0.05) is 35.9 Å². The van der Waals surface area contributed by atoms with Gasteiger partial charge in [-0.25, -0.2) is 9.78 Å². The number of hydrogen-bond acceptors (Lipinski definition) is 5. The number of aryl methyl sites for hydroxylation is 1. The highest BCUT2D eigenvalue weighted by molar-refractivity contribution is 6.30. The maximum Gasteiger partial charge on any atom is 0.328 e. The summed E-state index contributed by atoms with van der Waals surface area (Å²) in [5.74, 6) is 0.555. The zero-order chi connectivity index (χ0) is 21.1. The lowest BCUT2D eigenvalue weighted by molar-refractivity contribution is -0.154. The fourth-order valence-electron chi connectivity index (χ4n) is 3.66. The lowest BCUT2D eigenvalue weighted by Crippen LogP contribution is -2.49. The molecule has 4 rings (SSSR count). The van der Waals surface area contributed by atoms with Crippen LogP contribution in [0.15, 0.2) is 59.1 Å². The standard InChI is InChI=1S/C23H21ClN2O4/c1-29-23(28)19-12-16-4-2-3-5-17(16)14-26(19)22(27)11-10-21-25-13-20(30-21)15-6-8-18(24)9-7-15/h2-9,13,19H,10-12,14H2,1H3. The number of rotatable bonds is 5. The molecule has 0 saturated heterocycles. The second-order valence-corrected chi connectivity index (χ2v) is 7.60. The molecule has 154 valence electrons. The molecule has 3 aromatic rings. The minimum Gasteiger partial charge on any atom is -0.467 e. The molecule has 0 radical (unpaired) electrons. The number of ether oxygens (including phenoxy) is 1. The van der Waals surface area contributed by atoms with Crippen LogP contribution < -0.4 is 0 Å². The van der Waals surface area contributed by atoms with E-state index in [9.17, 15) is 9.59 Å². The molecular weight excluding hydrogens is 404 g/mol. The van der Waals surface area contributed by atoms with Crippen LogP contribution >= 0.6 is 11.6 Å². The number of benzene rings is 2. The Morgan fingerprint density at radius 3 is 2.63 bits per heavy atom. The van der Waals surface area contributed by atoms with E-state index in [0.717, 1.165) is 16.7 Å². The molecule has 0 spiro atoms. The fraction of sp³-hybridized carbons (Fsp3) is 0.261. The van der Waals surface area contributed by atoms with Crippen LogP contribution in [0.3, 0.4) is 0 Å². The van der Waals surface area contributed by atoms with Gasteiger partial charge in [-0.2, -0.15) is 0 Å². The molecule has 2 aromatic carbocycles. The SMILES string of the molecule is COC(=O)C1Cc2ccccc2CN1C(=O)CCc1ncc(-c2ccc(Cl)cc2)o1. The van der Waals surface area contributed by atoms with E-state index in [1.165, 1.54) is 7.11 Å². The van der Waals surface area contributed by atoms with Gasteiger partial charge in [0, 0.05) is 36.4 Å². The van der Waals surface area contributed by atoms with Crippen molar-refractivity contribution in [2.45, 2.75) is 31.8 Å². The van der Waals surface area contributed by atoms with Gasteiger partial charge in [-0.3, -0.25) is 4.79 Å². The normalized spacial score (nSPS) is 15.5. The number of nitrogens with zero attached hydrogens (tertiary/aromatic N) is 2. The first-order chi connectivity index (χ1) is 14.5. The number of methoxy groups -OCH3 is 1. The highest BCUT2D eigenvalue weighted by Gasteiger charge is 2.35. The number of amides is 1. The summed E-state index contributed by atoms with van der Waals surface area (Å²) in [7, 11) is 1.34. The van der Waals surface area contributed by atoms with Gasteiger partial charge < -0.3 is 14.1 Å². The van der Waals surface area contributed by atoms with Gasteiger partial charge in [0.2, 0.25) is 5.91 Å². The Hall–Kier alpha value is -3.12. The van der Waals surface area contributed by atoms with E-state index >= 15 is 0 Å². The molecule has 1 unspecified atom stereocenters. The summed E-state index contributed by atoms with van der Waals surface area (Å²) in [4.78, 5) is 31.1. The molecule has 7 heteroatoms. The van der Waals surface area contributed by atoms with Gasteiger partial charge >= 0.3 is 5.97 Å². The minimum atomic E-state index is -0.619. The lowest BCUT2D eigenvalue weighted by Gasteiger charge is -2.35. The third-order valence-corrected chi connectivity index (χ3v) is 5.53. The van der Waals surface area contributed by atoms with Gasteiger partial charge in [0.25, 0.3) is 0 Å². The van der Waals surface area contributed by atoms with E-state index in [2.05, 4.69) is 4.98 Å². The Kier molecular flexibility index (Phi) is 5.86. The third kappa shape index (κ3) is 4.24. The number of carbonyl (C=O) groups is 2. The van der Waals surface area contributed by atoms with Crippen LogP contribution in [0.4, 0.5) is 0 Å². The highest BCUT2D eigenvalue weighted by atomic mass is 35.5. The van der Waals surface area contributed by atoms with Crippen molar-refractivity contribution >= 4 is 23.5 Å². The molecule has 2 heterocycles. The van der Waals surface area contributed by atoms with Crippen LogP contribution in [0.25, 0.3) is 11.3 Å². The van der Waals surface area contributed by atoms with Crippen LogP contribution in [0.5, 0.6) is 0 Å². The third-order valence-electron chi connectivity index (χ3n) is 5.28. The number of aromatic nitrogens is 1. The first kappa shape index (κ1) is 20.2. The Bertz CT molecular complexity index is 1060. The molecule has 1 amide bonds. The molecule has 1 atom stereocenters. The van der Waals surface area contributed by atoms with Crippen LogP contribution in [-0.4, -0.2) is 34.9 Å². The maximum atomic E-state index is 13.0. The van der Waals surface area contributed by atoms with Gasteiger partial charge in [0.15, 0.2) is 11.7 Å². The monoisotopic (exact) mass is 424 g/mol. The van der Waals surface area contributed by atoms with Crippen molar-refractivity contribution in [3.05, 3.63) is 76.8 Å². The maximum absolute atomic E-state index is 13.0. The number of esters is 1. The summed E-state index contributed by atoms with van der Waals surface area (Å²) < 4.78 is 10.7. The quantitative estimate of drug-likeness (QED) is 0.577. The van der Waals surface area contributed by atoms with Crippen LogP contribution in [0, 0.1) is 0 Å². The number of oxazole rings is 1. The molecule has 0 fully saturated rings. The largest absolute Gasteiger partial charge is 0.467 e. The van der Waals surface area contributed by atoms with E-state index in [-0.39, 0.29) is 12.3 Å². The van der Waals surface area contributed by atoms with Crippen LogP contribution in [0.1, 0.15) is 23.4 Å². The summed E-state index contributed by atoms with van der Waals surface area (Å²) in [6, 6.07) is 14.5. The Labute approximate surface area is 179 Å². The summed E-state index contributed by atoms with van der Waals surface area (Å²) in [5.41, 5.74) is 2.98. The molecule has 0 saturated carbocycles. The van der Waals surface area contributed by atoms with Crippen molar-refractivity contribution in [1.82, 2.24) is 9.88 Å². The molecular formula is C23H21ClN2O4. The van der Waals surface area contributed by atoms with Crippen molar-refractivity contribution in [2.24, 2.45) is 0 Å². The molecule has 0 aliphatic carbocycles. The van der Waals surface area contributed by atoms with Gasteiger partial charge in [-0.15, -0.1) is 0 Å². The number of fused-ring (bicyclic) bond motifs is 1. The summed E-state index contributed by atoms with van der Waals surface area (Å²) in [5, 5.41) is 0.646. The second kappa shape index (κ2) is 8.71. The van der Waals surface area contributed by atoms with Crippen molar-refractivity contribution in [3.8, 4) is 11.3 Å². The molecule has 0 bridgehead atoms. The highest BCUT2D eigenvalue weighted by Crippen LogP contribution is 2.26. The predicted molar refractivity (Wildman–Crippen MR) is 112 cm³/mol. The van der Waals surface area contributed by atoms with Crippen molar-refractivity contribution in [1.29, 1.82) is 0 Å². The molecule has 6 nitrogen and oxygen atoms in total. The first-order valence-electron chi connectivity index (χ1n) is 9.70. The van der Waals surface area contributed by atoms with Crippen molar-refractivity contribution < 1.29 is 18.7 Å². The topological polar surface area (TPSA) is 72.6 Å². The minimum absolute atomic E-state index is 0.133. The number of halogens is 1. The smallest absolute Gasteiger partial charge is 0.328 e. The van der Waals surface area contributed by atoms with Crippen molar-refractivity contribution in [3.63, 3.8) is 0 Å². The van der Waals surface area contributed by atoms with Gasteiger partial charge in [-0.05, 0) is 35.4 Å². The van der Waals surface area contributed by atoms with Gasteiger partial charge in [0.05, 0.1) is 13.3 Å².